The molecule has 0 atom stereocenters. The van der Waals surface area contributed by atoms with Gasteiger partial charge in [0.15, 0.2) is 0 Å². The van der Waals surface area contributed by atoms with Gasteiger partial charge in [-0.25, -0.2) is 4.99 Å². The third-order valence-corrected chi connectivity index (χ3v) is 0.556. The minimum atomic E-state index is 0.509. The summed E-state index contributed by atoms with van der Waals surface area (Å²) in [5.41, 5.74) is 5.81. The molecule has 0 aromatic carbocycles. The van der Waals surface area contributed by atoms with Crippen LogP contribution in [0, 0.1) is 0 Å². The molecule has 0 saturated carbocycles. The van der Waals surface area contributed by atoms with Crippen molar-refractivity contribution in [1.82, 2.24) is 0 Å². The van der Waals surface area contributed by atoms with Crippen LogP contribution in [0.5, 0.6) is 0 Å². The monoisotopic (exact) mass is 110 g/mol. The summed E-state index contributed by atoms with van der Waals surface area (Å²) in [6.45, 7) is 8.68. The predicted molar refractivity (Wildman–Crippen MR) is 36.6 cm³/mol. The van der Waals surface area contributed by atoms with Crippen molar-refractivity contribution in [3.8, 4) is 0 Å². The van der Waals surface area contributed by atoms with E-state index in [1.165, 1.54) is 0 Å². The van der Waals surface area contributed by atoms with Crippen molar-refractivity contribution in [2.24, 2.45) is 10.7 Å². The van der Waals surface area contributed by atoms with Crippen molar-refractivity contribution in [3.05, 3.63) is 24.9 Å². The molecule has 0 amide bonds. The maximum absolute atomic E-state index is 5.21. The minimum absolute atomic E-state index is 0.509. The van der Waals surface area contributed by atoms with Crippen LogP contribution in [0.15, 0.2) is 29.9 Å². The molecule has 44 valence electrons. The number of amidine groups is 1. The van der Waals surface area contributed by atoms with E-state index in [1.807, 2.05) is 0 Å². The third-order valence-electron chi connectivity index (χ3n) is 0.556. The Labute approximate surface area is 49.4 Å². The number of hydrogen-bond acceptors (Lipinski definition) is 1. The summed E-state index contributed by atoms with van der Waals surface area (Å²) in [5.74, 6) is 0.509. The van der Waals surface area contributed by atoms with E-state index in [0.717, 1.165) is 0 Å². The van der Waals surface area contributed by atoms with Crippen molar-refractivity contribution in [1.29, 1.82) is 0 Å². The molecule has 8 heavy (non-hydrogen) atoms. The van der Waals surface area contributed by atoms with Crippen LogP contribution >= 0.6 is 0 Å². The third kappa shape index (κ3) is 3.15. The molecule has 0 aromatic rings. The summed E-state index contributed by atoms with van der Waals surface area (Å²) in [4.78, 5) is 3.78. The molecule has 0 rings (SSSR count). The van der Waals surface area contributed by atoms with E-state index in [1.54, 1.807) is 13.0 Å². The number of rotatable bonds is 2. The number of hydrogen-bond donors (Lipinski definition) is 1. The lowest BCUT2D eigenvalue weighted by atomic mass is 10.5. The Bertz CT molecular complexity index is 129. The quantitative estimate of drug-likeness (QED) is 0.322. The maximum atomic E-state index is 5.21. The average molecular weight is 110 g/mol. The summed E-state index contributed by atoms with van der Waals surface area (Å²) in [5, 5.41) is 0. The average Bonchev–Trinajstić information content (AvgIpc) is 1.65. The van der Waals surface area contributed by atoms with E-state index in [4.69, 9.17) is 5.73 Å². The number of aliphatic imine (C=N–C) groups is 1. The zero-order valence-corrected chi connectivity index (χ0v) is 5.02. The van der Waals surface area contributed by atoms with E-state index >= 15 is 0 Å². The Morgan fingerprint density at radius 2 is 2.25 bits per heavy atom. The smallest absolute Gasteiger partial charge is 0.0964 e. The number of nitrogens with two attached hydrogens (primary N) is 1. The van der Waals surface area contributed by atoms with Crippen molar-refractivity contribution in [2.75, 3.05) is 0 Å². The minimum Gasteiger partial charge on any atom is -0.387 e. The SMILES string of the molecule is C=CC(=C)/N=C(/C)N. The lowest BCUT2D eigenvalue weighted by molar-refractivity contribution is 1.38. The van der Waals surface area contributed by atoms with E-state index < -0.39 is 0 Å². The molecular formula is C6H10N2. The Morgan fingerprint density at radius 1 is 1.75 bits per heavy atom. The van der Waals surface area contributed by atoms with Crippen LogP contribution in [0.1, 0.15) is 6.92 Å². The fourth-order valence-corrected chi connectivity index (χ4v) is 0.272. The highest BCUT2D eigenvalue weighted by Gasteiger charge is 1.78. The van der Waals surface area contributed by atoms with Gasteiger partial charge in [0.25, 0.3) is 0 Å². The topological polar surface area (TPSA) is 38.4 Å². The molecule has 2 nitrogen and oxygen atoms in total. The van der Waals surface area contributed by atoms with Crippen LogP contribution in [-0.4, -0.2) is 5.84 Å². The second-order valence-corrected chi connectivity index (χ2v) is 1.45. The van der Waals surface area contributed by atoms with Gasteiger partial charge in [0.2, 0.25) is 0 Å². The van der Waals surface area contributed by atoms with Crippen molar-refractivity contribution >= 4 is 5.84 Å². The summed E-state index contributed by atoms with van der Waals surface area (Å²) in [7, 11) is 0. The van der Waals surface area contributed by atoms with Crippen LogP contribution in [-0.2, 0) is 0 Å². The second-order valence-electron chi connectivity index (χ2n) is 1.45. The molecule has 0 bridgehead atoms. The van der Waals surface area contributed by atoms with Gasteiger partial charge in [0.05, 0.1) is 11.5 Å². The van der Waals surface area contributed by atoms with Gasteiger partial charge in [-0.15, -0.1) is 0 Å². The summed E-state index contributed by atoms with van der Waals surface area (Å²) in [6, 6.07) is 0. The van der Waals surface area contributed by atoms with E-state index in [-0.39, 0.29) is 0 Å². The number of nitrogens with zero attached hydrogens (tertiary/aromatic N) is 1. The van der Waals surface area contributed by atoms with Gasteiger partial charge in [-0.1, -0.05) is 13.2 Å². The predicted octanol–water partition coefficient (Wildman–Crippen LogP) is 1.06. The molecule has 0 aromatic heterocycles. The summed E-state index contributed by atoms with van der Waals surface area (Å²) < 4.78 is 0. The Balaban J connectivity index is 3.89. The van der Waals surface area contributed by atoms with E-state index in [9.17, 15) is 0 Å². The van der Waals surface area contributed by atoms with Gasteiger partial charge >= 0.3 is 0 Å². The highest BCUT2D eigenvalue weighted by molar-refractivity contribution is 5.78. The zero-order valence-electron chi connectivity index (χ0n) is 5.02. The molecule has 2 N–H and O–H groups in total. The molecule has 0 aliphatic heterocycles. The lowest BCUT2D eigenvalue weighted by Gasteiger charge is -1.88. The molecule has 0 aliphatic carbocycles. The van der Waals surface area contributed by atoms with Crippen LogP contribution in [0.4, 0.5) is 0 Å². The van der Waals surface area contributed by atoms with Crippen LogP contribution in [0.25, 0.3) is 0 Å². The van der Waals surface area contributed by atoms with Crippen LogP contribution in [0.3, 0.4) is 0 Å². The zero-order chi connectivity index (χ0) is 6.57. The first-order valence-corrected chi connectivity index (χ1v) is 2.29. The molecule has 0 heterocycles. The fourth-order valence-electron chi connectivity index (χ4n) is 0.272. The molecule has 0 unspecified atom stereocenters. The van der Waals surface area contributed by atoms with Crippen molar-refractivity contribution in [2.45, 2.75) is 6.92 Å². The normalized spacial score (nSPS) is 10.9. The molecule has 0 saturated heterocycles. The first-order valence-electron chi connectivity index (χ1n) is 2.29. The van der Waals surface area contributed by atoms with Crippen molar-refractivity contribution in [3.63, 3.8) is 0 Å². The van der Waals surface area contributed by atoms with Crippen LogP contribution in [0.2, 0.25) is 0 Å². The summed E-state index contributed by atoms with van der Waals surface area (Å²) in [6.07, 6.45) is 1.55. The summed E-state index contributed by atoms with van der Waals surface area (Å²) >= 11 is 0. The molecule has 0 fully saturated rings. The van der Waals surface area contributed by atoms with E-state index in [0.29, 0.717) is 11.5 Å². The molecule has 2 heteroatoms. The number of allylic oxidation sites excluding steroid dienone is 1. The molecular weight excluding hydrogens is 100 g/mol. The van der Waals surface area contributed by atoms with Gasteiger partial charge in [0, 0.05) is 0 Å². The highest BCUT2D eigenvalue weighted by atomic mass is 14.8. The van der Waals surface area contributed by atoms with Gasteiger partial charge in [-0.3, -0.25) is 0 Å². The highest BCUT2D eigenvalue weighted by Crippen LogP contribution is 1.90. The van der Waals surface area contributed by atoms with Crippen molar-refractivity contribution < 1.29 is 0 Å². The van der Waals surface area contributed by atoms with Crippen LogP contribution < -0.4 is 5.73 Å². The Morgan fingerprint density at radius 3 is 2.38 bits per heavy atom. The maximum Gasteiger partial charge on any atom is 0.0964 e. The van der Waals surface area contributed by atoms with E-state index in [2.05, 4.69) is 18.2 Å². The van der Waals surface area contributed by atoms with Gasteiger partial charge in [-0.05, 0) is 13.0 Å². The first kappa shape index (κ1) is 6.95. The van der Waals surface area contributed by atoms with Gasteiger partial charge < -0.3 is 5.73 Å². The van der Waals surface area contributed by atoms with Gasteiger partial charge in [-0.2, -0.15) is 0 Å². The lowest BCUT2D eigenvalue weighted by Crippen LogP contribution is -2.04. The Kier molecular flexibility index (Phi) is 2.62. The Hall–Kier alpha value is -1.05. The largest absolute Gasteiger partial charge is 0.387 e. The molecule has 0 radical (unpaired) electrons. The second kappa shape index (κ2) is 3.02. The molecule has 0 aliphatic rings. The molecule has 0 spiro atoms. The fraction of sp³-hybridized carbons (Fsp3) is 0.167. The standard InChI is InChI=1S/C6H10N2/c1-4-5(2)8-6(3)7/h4H,1-2H2,3H3,(H2,7,8). The van der Waals surface area contributed by atoms with Gasteiger partial charge in [0.1, 0.15) is 0 Å². The first-order chi connectivity index (χ1) is 3.66.